The van der Waals surface area contributed by atoms with E-state index in [0.717, 1.165) is 9.87 Å². The summed E-state index contributed by atoms with van der Waals surface area (Å²) in [7, 11) is 0.976. The third-order valence-corrected chi connectivity index (χ3v) is 5.81. The van der Waals surface area contributed by atoms with E-state index in [1.807, 2.05) is 0 Å². The van der Waals surface area contributed by atoms with Crippen LogP contribution < -0.4 is 5.32 Å². The molecule has 0 saturated heterocycles. The van der Waals surface area contributed by atoms with Crippen molar-refractivity contribution in [1.29, 1.82) is 0 Å². The Morgan fingerprint density at radius 2 is 1.84 bits per heavy atom. The van der Waals surface area contributed by atoms with Gasteiger partial charge >= 0.3 is 0 Å². The fourth-order valence-electron chi connectivity index (χ4n) is 2.34. The Morgan fingerprint density at radius 1 is 1.24 bits per heavy atom. The molecule has 2 amide bonds. The summed E-state index contributed by atoms with van der Waals surface area (Å²) in [6.07, 6.45) is 0.565. The Morgan fingerprint density at radius 3 is 2.36 bits per heavy atom. The highest BCUT2D eigenvalue weighted by molar-refractivity contribution is 7.89. The fraction of sp³-hybridized carbons (Fsp3) is 0.438. The summed E-state index contributed by atoms with van der Waals surface area (Å²) in [5.74, 6) is -0.459. The fourth-order valence-corrected chi connectivity index (χ4v) is 3.24. The van der Waals surface area contributed by atoms with Gasteiger partial charge in [-0.2, -0.15) is 5.10 Å². The van der Waals surface area contributed by atoms with Crippen molar-refractivity contribution in [2.75, 3.05) is 21.1 Å². The summed E-state index contributed by atoms with van der Waals surface area (Å²) < 4.78 is 25.3. The molecule has 0 aromatic heterocycles. The van der Waals surface area contributed by atoms with Crippen LogP contribution >= 0.6 is 0 Å². The van der Waals surface area contributed by atoms with Crippen LogP contribution in [0.5, 0.6) is 0 Å². The largest absolute Gasteiger partial charge is 0.344 e. The second-order valence-electron chi connectivity index (χ2n) is 6.02. The molecule has 8 nitrogen and oxygen atoms in total. The minimum Gasteiger partial charge on any atom is -0.344 e. The zero-order valence-electron chi connectivity index (χ0n) is 14.7. The zero-order chi connectivity index (χ0) is 18.8. The molecule has 0 saturated carbocycles. The van der Waals surface area contributed by atoms with Gasteiger partial charge < -0.3 is 5.32 Å². The Bertz CT molecular complexity index is 800. The lowest BCUT2D eigenvalue weighted by Gasteiger charge is -2.21. The first kappa shape index (κ1) is 19.1. The Balaban J connectivity index is 2.09. The van der Waals surface area contributed by atoms with Gasteiger partial charge in [-0.25, -0.2) is 17.7 Å². The van der Waals surface area contributed by atoms with Crippen LogP contribution in [-0.2, 0) is 19.6 Å². The molecule has 25 heavy (non-hydrogen) atoms. The van der Waals surface area contributed by atoms with E-state index in [9.17, 15) is 18.0 Å². The van der Waals surface area contributed by atoms with Crippen LogP contribution in [0.15, 0.2) is 34.3 Å². The molecule has 136 valence electrons. The van der Waals surface area contributed by atoms with Crippen molar-refractivity contribution in [2.24, 2.45) is 5.10 Å². The summed E-state index contributed by atoms with van der Waals surface area (Å²) in [4.78, 5) is 23.9. The molecule has 0 fully saturated rings. The average molecular weight is 366 g/mol. The highest BCUT2D eigenvalue weighted by Crippen LogP contribution is 2.18. The molecule has 0 bridgehead atoms. The van der Waals surface area contributed by atoms with Crippen molar-refractivity contribution in [2.45, 2.75) is 30.7 Å². The number of hydrogen-bond donors (Lipinski definition) is 1. The van der Waals surface area contributed by atoms with Crippen molar-refractivity contribution in [1.82, 2.24) is 14.6 Å². The second-order valence-corrected chi connectivity index (χ2v) is 8.17. The third-order valence-electron chi connectivity index (χ3n) is 3.98. The number of benzene rings is 1. The molecule has 0 spiro atoms. The maximum Gasteiger partial charge on any atom is 0.267 e. The molecule has 2 rings (SSSR count). The van der Waals surface area contributed by atoms with Crippen LogP contribution in [0.2, 0.25) is 0 Å². The lowest BCUT2D eigenvalue weighted by atomic mass is 10.1. The molecule has 1 atom stereocenters. The van der Waals surface area contributed by atoms with Gasteiger partial charge in [0.15, 0.2) is 0 Å². The minimum atomic E-state index is -3.48. The predicted molar refractivity (Wildman–Crippen MR) is 93.3 cm³/mol. The molecule has 1 aromatic carbocycles. The van der Waals surface area contributed by atoms with Crippen LogP contribution in [0.1, 0.15) is 31.4 Å². The highest BCUT2D eigenvalue weighted by atomic mass is 32.2. The van der Waals surface area contributed by atoms with Gasteiger partial charge in [-0.15, -0.1) is 0 Å². The molecular formula is C16H22N4O4S. The maximum atomic E-state index is 12.3. The molecule has 1 heterocycles. The van der Waals surface area contributed by atoms with Crippen LogP contribution in [0.4, 0.5) is 0 Å². The molecule has 0 radical (unpaired) electrons. The van der Waals surface area contributed by atoms with Gasteiger partial charge in [0.05, 0.1) is 10.9 Å². The molecule has 1 N–H and O–H groups in total. The van der Waals surface area contributed by atoms with Gasteiger partial charge in [-0.1, -0.05) is 12.1 Å². The number of rotatable bonds is 5. The molecular weight excluding hydrogens is 344 g/mol. The van der Waals surface area contributed by atoms with E-state index in [0.29, 0.717) is 12.1 Å². The zero-order valence-corrected chi connectivity index (χ0v) is 15.5. The molecule has 1 aromatic rings. The van der Waals surface area contributed by atoms with E-state index in [-0.39, 0.29) is 29.2 Å². The number of sulfonamides is 1. The van der Waals surface area contributed by atoms with E-state index >= 15 is 0 Å². The van der Waals surface area contributed by atoms with Crippen LogP contribution in [0, 0.1) is 0 Å². The number of amides is 2. The number of carbonyl (C=O) groups excluding carboxylic acids is 2. The van der Waals surface area contributed by atoms with Crippen LogP contribution in [0.25, 0.3) is 0 Å². The van der Waals surface area contributed by atoms with Gasteiger partial charge in [0.1, 0.15) is 5.71 Å². The van der Waals surface area contributed by atoms with Crippen molar-refractivity contribution >= 4 is 27.5 Å². The van der Waals surface area contributed by atoms with Gasteiger partial charge in [0, 0.05) is 34.0 Å². The normalized spacial score (nSPS) is 16.6. The van der Waals surface area contributed by atoms with Gasteiger partial charge in [-0.3, -0.25) is 9.59 Å². The maximum absolute atomic E-state index is 12.3. The van der Waals surface area contributed by atoms with Crippen molar-refractivity contribution in [3.63, 3.8) is 0 Å². The second kappa shape index (κ2) is 7.32. The number of carbonyl (C=O) groups is 2. The van der Waals surface area contributed by atoms with Gasteiger partial charge in [0.2, 0.25) is 15.9 Å². The molecule has 1 unspecified atom stereocenters. The van der Waals surface area contributed by atoms with E-state index in [4.69, 9.17) is 0 Å². The minimum absolute atomic E-state index is 0.123. The highest BCUT2D eigenvalue weighted by Gasteiger charge is 2.23. The van der Waals surface area contributed by atoms with Crippen LogP contribution in [-0.4, -0.2) is 56.4 Å². The summed E-state index contributed by atoms with van der Waals surface area (Å²) in [5, 5.41) is 7.96. The van der Waals surface area contributed by atoms with Crippen molar-refractivity contribution in [3.8, 4) is 0 Å². The standard InChI is InChI=1S/C16H22N4O4S/c1-11(17-16(22)14-9-10-15(21)20(4)18-14)12-5-7-13(8-6-12)25(23,24)19(2)3/h5-8,11H,9-10H2,1-4H3,(H,17,22). The van der Waals surface area contributed by atoms with E-state index in [2.05, 4.69) is 10.4 Å². The average Bonchev–Trinajstić information content (AvgIpc) is 2.57. The molecule has 1 aliphatic heterocycles. The Labute approximate surface area is 147 Å². The summed E-state index contributed by atoms with van der Waals surface area (Å²) >= 11 is 0. The van der Waals surface area contributed by atoms with E-state index < -0.39 is 10.0 Å². The molecule has 1 aliphatic rings. The summed E-state index contributed by atoms with van der Waals surface area (Å²) in [6, 6.07) is 6.03. The summed E-state index contributed by atoms with van der Waals surface area (Å²) in [6.45, 7) is 1.80. The number of hydrogen-bond acceptors (Lipinski definition) is 5. The monoisotopic (exact) mass is 366 g/mol. The van der Waals surface area contributed by atoms with E-state index in [1.165, 1.54) is 38.3 Å². The Hall–Kier alpha value is -2.26. The smallest absolute Gasteiger partial charge is 0.267 e. The number of nitrogens with one attached hydrogen (secondary N) is 1. The molecule has 0 aliphatic carbocycles. The van der Waals surface area contributed by atoms with Crippen molar-refractivity contribution < 1.29 is 18.0 Å². The lowest BCUT2D eigenvalue weighted by Crippen LogP contribution is -2.38. The first-order valence-corrected chi connectivity index (χ1v) is 9.24. The van der Waals surface area contributed by atoms with Crippen LogP contribution in [0.3, 0.4) is 0 Å². The first-order valence-electron chi connectivity index (χ1n) is 7.80. The summed E-state index contributed by atoms with van der Waals surface area (Å²) in [5.41, 5.74) is 1.08. The SMILES string of the molecule is CC(NC(=O)C1=NN(C)C(=O)CC1)c1ccc(S(=O)(=O)N(C)C)cc1. The first-order chi connectivity index (χ1) is 11.6. The number of hydrazone groups is 1. The lowest BCUT2D eigenvalue weighted by molar-refractivity contribution is -0.130. The quantitative estimate of drug-likeness (QED) is 0.830. The topological polar surface area (TPSA) is 99.1 Å². The van der Waals surface area contributed by atoms with Crippen molar-refractivity contribution in [3.05, 3.63) is 29.8 Å². The number of nitrogens with zero attached hydrogens (tertiary/aromatic N) is 3. The predicted octanol–water partition coefficient (Wildman–Crippen LogP) is 0.722. The Kier molecular flexibility index (Phi) is 5.58. The van der Waals surface area contributed by atoms with Gasteiger partial charge in [0.25, 0.3) is 5.91 Å². The van der Waals surface area contributed by atoms with Gasteiger partial charge in [-0.05, 0) is 24.6 Å². The molecule has 9 heteroatoms. The van der Waals surface area contributed by atoms with E-state index in [1.54, 1.807) is 19.1 Å². The third kappa shape index (κ3) is 4.23.